The molecule has 3 aromatic rings. The summed E-state index contributed by atoms with van der Waals surface area (Å²) in [7, 11) is 0. The van der Waals surface area contributed by atoms with Crippen LogP contribution in [0.2, 0.25) is 5.02 Å². The molecule has 2 aromatic heterocycles. The molecule has 3 heterocycles. The minimum Gasteiger partial charge on any atom is -0.467 e. The van der Waals surface area contributed by atoms with Crippen molar-refractivity contribution in [3.05, 3.63) is 53.4 Å². The van der Waals surface area contributed by atoms with Crippen LogP contribution in [0.4, 0.5) is 11.6 Å². The Morgan fingerprint density at radius 2 is 2.03 bits per heavy atom. The van der Waals surface area contributed by atoms with Crippen LogP contribution in [0.25, 0.3) is 0 Å². The number of hydrogen-bond donors (Lipinski definition) is 1. The lowest BCUT2D eigenvalue weighted by molar-refractivity contribution is -0.115. The highest BCUT2D eigenvalue weighted by Gasteiger charge is 2.25. The number of carbonyl (C=O) groups excluding carboxylic acids is 1. The number of furan rings is 1. The van der Waals surface area contributed by atoms with Crippen LogP contribution < -0.4 is 10.2 Å². The third-order valence-electron chi connectivity index (χ3n) is 5.44. The van der Waals surface area contributed by atoms with Gasteiger partial charge in [0.1, 0.15) is 5.76 Å². The molecule has 1 aliphatic heterocycles. The van der Waals surface area contributed by atoms with Gasteiger partial charge >= 0.3 is 0 Å². The van der Waals surface area contributed by atoms with Crippen LogP contribution >= 0.6 is 23.4 Å². The predicted octanol–water partition coefficient (Wildman–Crippen LogP) is 4.93. The van der Waals surface area contributed by atoms with E-state index in [0.29, 0.717) is 22.4 Å². The van der Waals surface area contributed by atoms with Gasteiger partial charge in [0.25, 0.3) is 0 Å². The fourth-order valence-corrected chi connectivity index (χ4v) is 4.54. The average Bonchev–Trinajstić information content (AvgIpc) is 3.41. The molecule has 1 aliphatic rings. The quantitative estimate of drug-likeness (QED) is 0.505. The van der Waals surface area contributed by atoms with Gasteiger partial charge in [-0.2, -0.15) is 0 Å². The second kappa shape index (κ2) is 9.78. The van der Waals surface area contributed by atoms with Crippen molar-refractivity contribution < 1.29 is 9.21 Å². The molecule has 1 N–H and O–H groups in total. The highest BCUT2D eigenvalue weighted by atomic mass is 35.5. The summed E-state index contributed by atoms with van der Waals surface area (Å²) >= 11 is 7.55. The smallest absolute Gasteiger partial charge is 0.237 e. The summed E-state index contributed by atoms with van der Waals surface area (Å²) in [5.74, 6) is 2.23. The summed E-state index contributed by atoms with van der Waals surface area (Å²) in [6, 6.07) is 11.0. The maximum absolute atomic E-state index is 12.8. The number of thioether (sulfide) groups is 1. The number of nitrogens with one attached hydrogen (secondary N) is 1. The Hall–Kier alpha value is -2.45. The van der Waals surface area contributed by atoms with E-state index in [9.17, 15) is 4.79 Å². The summed E-state index contributed by atoms with van der Waals surface area (Å²) in [6.07, 6.45) is 3.92. The highest BCUT2D eigenvalue weighted by molar-refractivity contribution is 8.00. The Morgan fingerprint density at radius 3 is 2.74 bits per heavy atom. The number of carbonyl (C=O) groups is 1. The van der Waals surface area contributed by atoms with E-state index in [1.807, 2.05) is 35.8 Å². The van der Waals surface area contributed by atoms with E-state index in [1.165, 1.54) is 11.8 Å². The maximum atomic E-state index is 12.8. The van der Waals surface area contributed by atoms with Crippen LogP contribution in [0.1, 0.15) is 32.4 Å². The summed E-state index contributed by atoms with van der Waals surface area (Å²) in [5.41, 5.74) is 0.599. The van der Waals surface area contributed by atoms with Crippen LogP contribution in [0, 0.1) is 5.92 Å². The van der Waals surface area contributed by atoms with E-state index in [4.69, 9.17) is 16.0 Å². The first-order chi connectivity index (χ1) is 15.0. The topological polar surface area (TPSA) is 76.2 Å². The predicted molar refractivity (Wildman–Crippen MR) is 124 cm³/mol. The van der Waals surface area contributed by atoms with Gasteiger partial charge in [-0.25, -0.2) is 0 Å². The van der Waals surface area contributed by atoms with Gasteiger partial charge in [-0.15, -0.1) is 10.2 Å². The number of amides is 1. The standard InChI is InChI=1S/C22H26ClN5O2S/c1-15-9-11-27(12-10-15)21-25-26-22(28(21)14-17-6-5-13-30-17)31-16(2)20(29)24-19-8-4-3-7-18(19)23/h3-8,13,15-16H,9-12,14H2,1-2H3,(H,24,29). The SMILES string of the molecule is CC1CCN(c2nnc(SC(C)C(=O)Nc3ccccc3Cl)n2Cc2ccco2)CC1. The first kappa shape index (κ1) is 21.8. The molecule has 1 fully saturated rings. The summed E-state index contributed by atoms with van der Waals surface area (Å²) in [6.45, 7) is 6.55. The van der Waals surface area contributed by atoms with E-state index in [-0.39, 0.29) is 11.2 Å². The lowest BCUT2D eigenvalue weighted by Crippen LogP contribution is -2.35. The van der Waals surface area contributed by atoms with Gasteiger partial charge in [-0.1, -0.05) is 42.4 Å². The fourth-order valence-electron chi connectivity index (χ4n) is 3.52. The Kier molecular flexibility index (Phi) is 6.87. The number of halogens is 1. The number of benzene rings is 1. The van der Waals surface area contributed by atoms with Crippen molar-refractivity contribution in [1.82, 2.24) is 14.8 Å². The zero-order valence-corrected chi connectivity index (χ0v) is 19.2. The minimum atomic E-state index is -0.384. The fraction of sp³-hybridized carbons (Fsp3) is 0.409. The van der Waals surface area contributed by atoms with E-state index < -0.39 is 0 Å². The molecule has 1 atom stereocenters. The van der Waals surface area contributed by atoms with Crippen LogP contribution in [0.3, 0.4) is 0 Å². The molecule has 1 aromatic carbocycles. The van der Waals surface area contributed by atoms with E-state index >= 15 is 0 Å². The van der Waals surface area contributed by atoms with E-state index in [1.54, 1.807) is 18.4 Å². The zero-order chi connectivity index (χ0) is 21.8. The van der Waals surface area contributed by atoms with Crippen LogP contribution in [-0.2, 0) is 11.3 Å². The second-order valence-electron chi connectivity index (χ2n) is 7.85. The monoisotopic (exact) mass is 459 g/mol. The maximum Gasteiger partial charge on any atom is 0.237 e. The Morgan fingerprint density at radius 1 is 1.26 bits per heavy atom. The molecule has 1 saturated heterocycles. The molecular weight excluding hydrogens is 434 g/mol. The van der Waals surface area contributed by atoms with Crippen molar-refractivity contribution in [2.75, 3.05) is 23.3 Å². The number of anilines is 2. The third-order valence-corrected chi connectivity index (χ3v) is 6.85. The summed E-state index contributed by atoms with van der Waals surface area (Å²) in [5, 5.41) is 12.6. The van der Waals surface area contributed by atoms with Gasteiger partial charge < -0.3 is 14.6 Å². The van der Waals surface area contributed by atoms with Crippen molar-refractivity contribution in [2.45, 2.75) is 43.6 Å². The Labute approximate surface area is 191 Å². The van der Waals surface area contributed by atoms with Gasteiger partial charge in [0.05, 0.1) is 28.8 Å². The van der Waals surface area contributed by atoms with E-state index in [2.05, 4.69) is 27.3 Å². The zero-order valence-electron chi connectivity index (χ0n) is 17.6. The van der Waals surface area contributed by atoms with Crippen molar-refractivity contribution in [3.8, 4) is 0 Å². The molecule has 7 nitrogen and oxygen atoms in total. The number of piperidine rings is 1. The van der Waals surface area contributed by atoms with Crippen molar-refractivity contribution >= 4 is 40.9 Å². The van der Waals surface area contributed by atoms with Crippen LogP contribution in [-0.4, -0.2) is 39.0 Å². The lowest BCUT2D eigenvalue weighted by Gasteiger charge is -2.31. The van der Waals surface area contributed by atoms with Gasteiger partial charge in [-0.05, 0) is 49.9 Å². The molecular formula is C22H26ClN5O2S. The molecule has 0 spiro atoms. The van der Waals surface area contributed by atoms with E-state index in [0.717, 1.165) is 43.6 Å². The lowest BCUT2D eigenvalue weighted by atomic mass is 10.00. The Bertz CT molecular complexity index is 1010. The number of rotatable bonds is 7. The third kappa shape index (κ3) is 5.25. The molecule has 4 rings (SSSR count). The largest absolute Gasteiger partial charge is 0.467 e. The summed E-state index contributed by atoms with van der Waals surface area (Å²) < 4.78 is 7.61. The molecule has 1 amide bonds. The molecule has 31 heavy (non-hydrogen) atoms. The van der Waals surface area contributed by atoms with Gasteiger partial charge in [0, 0.05) is 13.1 Å². The van der Waals surface area contributed by atoms with Gasteiger partial charge in [0.15, 0.2) is 5.16 Å². The van der Waals surface area contributed by atoms with Gasteiger partial charge in [-0.3, -0.25) is 9.36 Å². The number of para-hydroxylation sites is 1. The molecule has 9 heteroatoms. The van der Waals surface area contributed by atoms with Crippen molar-refractivity contribution in [2.24, 2.45) is 5.92 Å². The van der Waals surface area contributed by atoms with Gasteiger partial charge in [0.2, 0.25) is 11.9 Å². The van der Waals surface area contributed by atoms with Crippen LogP contribution in [0.15, 0.2) is 52.2 Å². The first-order valence-corrected chi connectivity index (χ1v) is 11.7. The normalized spacial score (nSPS) is 15.8. The summed E-state index contributed by atoms with van der Waals surface area (Å²) in [4.78, 5) is 15.0. The average molecular weight is 460 g/mol. The molecule has 0 radical (unpaired) electrons. The number of nitrogens with zero attached hydrogens (tertiary/aromatic N) is 4. The Balaban J connectivity index is 1.52. The molecule has 1 unspecified atom stereocenters. The molecule has 0 aliphatic carbocycles. The molecule has 164 valence electrons. The second-order valence-corrected chi connectivity index (χ2v) is 9.56. The molecule has 0 bridgehead atoms. The van der Waals surface area contributed by atoms with Crippen molar-refractivity contribution in [3.63, 3.8) is 0 Å². The first-order valence-electron chi connectivity index (χ1n) is 10.4. The highest BCUT2D eigenvalue weighted by Crippen LogP contribution is 2.30. The van der Waals surface area contributed by atoms with Crippen molar-refractivity contribution in [1.29, 1.82) is 0 Å². The molecule has 0 saturated carbocycles. The number of hydrogen-bond acceptors (Lipinski definition) is 6. The minimum absolute atomic E-state index is 0.140. The van der Waals surface area contributed by atoms with Crippen LogP contribution in [0.5, 0.6) is 0 Å². The number of aromatic nitrogens is 3.